The highest BCUT2D eigenvalue weighted by atomic mass is 16.5. The minimum absolute atomic E-state index is 0.0931. The number of H-pyrrole nitrogens is 1. The SMILES string of the molecule is CC(C)OC(C)(C)c1nccc(=O)[nH]1. The highest BCUT2D eigenvalue weighted by Gasteiger charge is 2.25. The third-order valence-corrected chi connectivity index (χ3v) is 1.77. The van der Waals surface area contributed by atoms with Crippen LogP contribution in [0.3, 0.4) is 0 Å². The van der Waals surface area contributed by atoms with E-state index in [1.165, 1.54) is 12.3 Å². The second-order valence-electron chi connectivity index (χ2n) is 3.96. The van der Waals surface area contributed by atoms with Gasteiger partial charge in [-0.3, -0.25) is 4.79 Å². The Kier molecular flexibility index (Phi) is 3.06. The summed E-state index contributed by atoms with van der Waals surface area (Å²) in [5.74, 6) is 0.554. The van der Waals surface area contributed by atoms with Gasteiger partial charge >= 0.3 is 0 Å². The maximum atomic E-state index is 11.1. The lowest BCUT2D eigenvalue weighted by atomic mass is 10.1. The maximum absolute atomic E-state index is 11.1. The zero-order valence-corrected chi connectivity index (χ0v) is 9.00. The van der Waals surface area contributed by atoms with Gasteiger partial charge in [0.15, 0.2) is 0 Å². The summed E-state index contributed by atoms with van der Waals surface area (Å²) in [6.45, 7) is 7.65. The van der Waals surface area contributed by atoms with Gasteiger partial charge in [0.05, 0.1) is 6.10 Å². The molecule has 1 aromatic heterocycles. The monoisotopic (exact) mass is 196 g/mol. The molecule has 4 nitrogen and oxygen atoms in total. The van der Waals surface area contributed by atoms with E-state index in [9.17, 15) is 4.79 Å². The minimum Gasteiger partial charge on any atom is -0.365 e. The van der Waals surface area contributed by atoms with Crippen LogP contribution >= 0.6 is 0 Å². The van der Waals surface area contributed by atoms with E-state index in [-0.39, 0.29) is 11.7 Å². The summed E-state index contributed by atoms with van der Waals surface area (Å²) < 4.78 is 5.65. The second-order valence-corrected chi connectivity index (χ2v) is 3.96. The van der Waals surface area contributed by atoms with Gasteiger partial charge in [0.2, 0.25) is 0 Å². The molecule has 0 unspecified atom stereocenters. The van der Waals surface area contributed by atoms with E-state index in [1.54, 1.807) is 0 Å². The summed E-state index contributed by atoms with van der Waals surface area (Å²) in [5.41, 5.74) is -0.718. The van der Waals surface area contributed by atoms with Crippen molar-refractivity contribution in [2.45, 2.75) is 39.4 Å². The number of hydrogen-bond acceptors (Lipinski definition) is 3. The van der Waals surface area contributed by atoms with Crippen molar-refractivity contribution in [1.29, 1.82) is 0 Å². The molecule has 0 aliphatic carbocycles. The van der Waals surface area contributed by atoms with Crippen molar-refractivity contribution in [1.82, 2.24) is 9.97 Å². The van der Waals surface area contributed by atoms with Crippen molar-refractivity contribution < 1.29 is 4.74 Å². The summed E-state index contributed by atoms with van der Waals surface area (Å²) in [6.07, 6.45) is 1.58. The first-order valence-corrected chi connectivity index (χ1v) is 4.65. The van der Waals surface area contributed by atoms with Gasteiger partial charge in [-0.05, 0) is 27.7 Å². The summed E-state index contributed by atoms with van der Waals surface area (Å²) in [7, 11) is 0. The van der Waals surface area contributed by atoms with Crippen molar-refractivity contribution >= 4 is 0 Å². The first-order chi connectivity index (χ1) is 6.42. The van der Waals surface area contributed by atoms with Gasteiger partial charge in [-0.2, -0.15) is 0 Å². The van der Waals surface area contributed by atoms with E-state index in [0.717, 1.165) is 0 Å². The van der Waals surface area contributed by atoms with E-state index in [0.29, 0.717) is 5.82 Å². The van der Waals surface area contributed by atoms with Crippen molar-refractivity contribution in [3.8, 4) is 0 Å². The topological polar surface area (TPSA) is 55.0 Å². The lowest BCUT2D eigenvalue weighted by Gasteiger charge is -2.26. The number of nitrogens with zero attached hydrogens (tertiary/aromatic N) is 1. The van der Waals surface area contributed by atoms with Gasteiger partial charge in [-0.1, -0.05) is 0 Å². The molecule has 1 aromatic rings. The van der Waals surface area contributed by atoms with Gasteiger partial charge in [0, 0.05) is 12.3 Å². The molecule has 1 heterocycles. The molecule has 14 heavy (non-hydrogen) atoms. The molecule has 78 valence electrons. The van der Waals surface area contributed by atoms with Gasteiger partial charge < -0.3 is 9.72 Å². The third kappa shape index (κ3) is 2.67. The quantitative estimate of drug-likeness (QED) is 0.795. The average molecular weight is 196 g/mol. The van der Waals surface area contributed by atoms with E-state index >= 15 is 0 Å². The van der Waals surface area contributed by atoms with Crippen molar-refractivity contribution in [2.24, 2.45) is 0 Å². The van der Waals surface area contributed by atoms with Crippen LogP contribution in [-0.2, 0) is 10.3 Å². The lowest BCUT2D eigenvalue weighted by molar-refractivity contribution is -0.0657. The molecular formula is C10H16N2O2. The van der Waals surface area contributed by atoms with Crippen LogP contribution in [0, 0.1) is 0 Å². The molecule has 0 aromatic carbocycles. The van der Waals surface area contributed by atoms with Crippen LogP contribution in [0.25, 0.3) is 0 Å². The van der Waals surface area contributed by atoms with E-state index < -0.39 is 5.60 Å². The molecule has 0 saturated carbocycles. The fourth-order valence-corrected chi connectivity index (χ4v) is 1.32. The molecule has 0 radical (unpaired) electrons. The zero-order chi connectivity index (χ0) is 10.8. The zero-order valence-electron chi connectivity index (χ0n) is 9.00. The fraction of sp³-hybridized carbons (Fsp3) is 0.600. The summed E-state index contributed by atoms with van der Waals surface area (Å²) >= 11 is 0. The Balaban J connectivity index is 2.97. The Morgan fingerprint density at radius 3 is 2.64 bits per heavy atom. The number of ether oxygens (including phenoxy) is 1. The molecule has 1 rings (SSSR count). The van der Waals surface area contributed by atoms with Crippen LogP contribution in [0.2, 0.25) is 0 Å². The average Bonchev–Trinajstić information content (AvgIpc) is 2.01. The Bertz CT molecular complexity index is 355. The molecular weight excluding hydrogens is 180 g/mol. The van der Waals surface area contributed by atoms with Gasteiger partial charge in [-0.25, -0.2) is 4.98 Å². The van der Waals surface area contributed by atoms with Crippen molar-refractivity contribution in [2.75, 3.05) is 0 Å². The van der Waals surface area contributed by atoms with Crippen LogP contribution in [0.1, 0.15) is 33.5 Å². The smallest absolute Gasteiger partial charge is 0.250 e. The standard InChI is InChI=1S/C10H16N2O2/c1-7(2)14-10(3,4)9-11-6-5-8(13)12-9/h5-7H,1-4H3,(H,11,12,13). The Hall–Kier alpha value is -1.16. The Morgan fingerprint density at radius 1 is 1.50 bits per heavy atom. The Morgan fingerprint density at radius 2 is 2.14 bits per heavy atom. The number of nitrogens with one attached hydrogen (secondary N) is 1. The normalized spacial score (nSPS) is 12.1. The predicted octanol–water partition coefficient (Wildman–Crippen LogP) is 1.43. The molecule has 0 saturated heterocycles. The van der Waals surface area contributed by atoms with Crippen LogP contribution in [-0.4, -0.2) is 16.1 Å². The number of aromatic amines is 1. The van der Waals surface area contributed by atoms with Gasteiger partial charge in [0.25, 0.3) is 5.56 Å². The lowest BCUT2D eigenvalue weighted by Crippen LogP contribution is -2.30. The van der Waals surface area contributed by atoms with Crippen LogP contribution in [0.15, 0.2) is 17.1 Å². The highest BCUT2D eigenvalue weighted by Crippen LogP contribution is 2.21. The van der Waals surface area contributed by atoms with Crippen LogP contribution in [0.4, 0.5) is 0 Å². The highest BCUT2D eigenvalue weighted by molar-refractivity contribution is 4.99. The van der Waals surface area contributed by atoms with E-state index in [1.807, 2.05) is 27.7 Å². The summed E-state index contributed by atoms with van der Waals surface area (Å²) in [4.78, 5) is 17.8. The molecule has 0 bridgehead atoms. The van der Waals surface area contributed by atoms with Crippen molar-refractivity contribution in [3.05, 3.63) is 28.4 Å². The Labute approximate surface area is 83.3 Å². The minimum atomic E-state index is -0.561. The van der Waals surface area contributed by atoms with Crippen molar-refractivity contribution in [3.63, 3.8) is 0 Å². The first kappa shape index (κ1) is 10.9. The number of hydrogen-bond donors (Lipinski definition) is 1. The predicted molar refractivity (Wildman–Crippen MR) is 54.1 cm³/mol. The number of aromatic nitrogens is 2. The van der Waals surface area contributed by atoms with Crippen LogP contribution < -0.4 is 5.56 Å². The fourth-order valence-electron chi connectivity index (χ4n) is 1.32. The van der Waals surface area contributed by atoms with E-state index in [4.69, 9.17) is 4.74 Å². The maximum Gasteiger partial charge on any atom is 0.250 e. The van der Waals surface area contributed by atoms with Crippen LogP contribution in [0.5, 0.6) is 0 Å². The molecule has 0 atom stereocenters. The summed E-state index contributed by atoms with van der Waals surface area (Å²) in [6, 6.07) is 1.38. The third-order valence-electron chi connectivity index (χ3n) is 1.77. The summed E-state index contributed by atoms with van der Waals surface area (Å²) in [5, 5.41) is 0. The molecule has 0 fully saturated rings. The molecule has 0 aliphatic rings. The largest absolute Gasteiger partial charge is 0.365 e. The van der Waals surface area contributed by atoms with Gasteiger partial charge in [-0.15, -0.1) is 0 Å². The molecule has 4 heteroatoms. The molecule has 0 amide bonds. The molecule has 0 spiro atoms. The second kappa shape index (κ2) is 3.92. The molecule has 1 N–H and O–H groups in total. The number of rotatable bonds is 3. The van der Waals surface area contributed by atoms with Gasteiger partial charge in [0.1, 0.15) is 11.4 Å². The molecule has 0 aliphatic heterocycles. The first-order valence-electron chi connectivity index (χ1n) is 4.65. The van der Waals surface area contributed by atoms with E-state index in [2.05, 4.69) is 9.97 Å².